The predicted molar refractivity (Wildman–Crippen MR) is 126 cm³/mol. The van der Waals surface area contributed by atoms with Gasteiger partial charge in [0.1, 0.15) is 11.5 Å². The number of carbonyl (C=O) groups is 1. The lowest BCUT2D eigenvalue weighted by Crippen LogP contribution is -2.38. The maximum absolute atomic E-state index is 13.6. The van der Waals surface area contributed by atoms with Gasteiger partial charge < -0.3 is 4.90 Å². The van der Waals surface area contributed by atoms with Crippen LogP contribution in [0.15, 0.2) is 72.8 Å². The fourth-order valence-electron chi connectivity index (χ4n) is 3.85. The molecule has 0 N–H and O–H groups in total. The molecule has 0 aliphatic carbocycles. The Labute approximate surface area is 194 Å². The Morgan fingerprint density at radius 3 is 2.23 bits per heavy atom. The number of halogens is 3. The summed E-state index contributed by atoms with van der Waals surface area (Å²) in [5.41, 5.74) is 3.61. The summed E-state index contributed by atoms with van der Waals surface area (Å²) in [6, 6.07) is 22.2. The summed E-state index contributed by atoms with van der Waals surface area (Å²) in [6.07, 6.45) is 0.634. The number of amides is 1. The predicted octanol–water partition coefficient (Wildman–Crippen LogP) is 6.70. The quantitative estimate of drug-likeness (QED) is 0.335. The van der Waals surface area contributed by atoms with Crippen molar-refractivity contribution in [1.29, 1.82) is 0 Å². The van der Waals surface area contributed by atoms with Crippen molar-refractivity contribution in [2.24, 2.45) is 0 Å². The Morgan fingerprint density at radius 2 is 1.52 bits per heavy atom. The molecule has 1 aliphatic heterocycles. The van der Waals surface area contributed by atoms with Crippen LogP contribution in [0.5, 0.6) is 0 Å². The zero-order valence-electron chi connectivity index (χ0n) is 16.2. The number of hydrogen-bond acceptors (Lipinski definition) is 2. The van der Waals surface area contributed by atoms with E-state index in [2.05, 4.69) is 0 Å². The second-order valence-electron chi connectivity index (χ2n) is 7.21. The van der Waals surface area contributed by atoms with Crippen molar-refractivity contribution < 1.29 is 4.79 Å². The summed E-state index contributed by atoms with van der Waals surface area (Å²) in [5, 5.41) is 1.62. The summed E-state index contributed by atoms with van der Waals surface area (Å²) in [7, 11) is 0. The fraction of sp³-hybridized carbons (Fsp3) is 0.0833. The maximum atomic E-state index is 13.6. The minimum absolute atomic E-state index is 0.105. The lowest BCUT2D eigenvalue weighted by Gasteiger charge is -2.27. The van der Waals surface area contributed by atoms with Gasteiger partial charge in [0.05, 0.1) is 10.7 Å². The third kappa shape index (κ3) is 3.61. The van der Waals surface area contributed by atoms with Crippen LogP contribution in [-0.2, 0) is 6.42 Å². The van der Waals surface area contributed by atoms with Crippen molar-refractivity contribution in [3.63, 3.8) is 0 Å². The van der Waals surface area contributed by atoms with Gasteiger partial charge >= 0.3 is 0 Å². The molecule has 4 aromatic rings. The Morgan fingerprint density at radius 1 is 0.806 bits per heavy atom. The molecule has 2 heterocycles. The van der Waals surface area contributed by atoms with Crippen molar-refractivity contribution in [1.82, 2.24) is 9.55 Å². The number of aromatic nitrogens is 2. The molecule has 1 amide bonds. The molecule has 0 unspecified atom stereocenters. The minimum Gasteiger partial charge on any atom is -0.307 e. The summed E-state index contributed by atoms with van der Waals surface area (Å²) in [4.78, 5) is 20.3. The van der Waals surface area contributed by atoms with Crippen molar-refractivity contribution in [3.05, 3.63) is 99.3 Å². The zero-order valence-corrected chi connectivity index (χ0v) is 18.5. The van der Waals surface area contributed by atoms with Gasteiger partial charge in [-0.3, -0.25) is 9.36 Å². The molecule has 0 atom stereocenters. The van der Waals surface area contributed by atoms with Crippen LogP contribution in [0.2, 0.25) is 15.1 Å². The lowest BCUT2D eigenvalue weighted by molar-refractivity contribution is 0.0973. The molecule has 0 radical (unpaired) electrons. The molecule has 154 valence electrons. The highest BCUT2D eigenvalue weighted by molar-refractivity contribution is 6.36. The Hall–Kier alpha value is -2.79. The van der Waals surface area contributed by atoms with Gasteiger partial charge in [0.15, 0.2) is 0 Å². The van der Waals surface area contributed by atoms with Gasteiger partial charge in [-0.2, -0.15) is 0 Å². The molecular weight excluding hydrogens is 453 g/mol. The van der Waals surface area contributed by atoms with E-state index in [1.54, 1.807) is 29.2 Å². The van der Waals surface area contributed by atoms with E-state index >= 15 is 0 Å². The van der Waals surface area contributed by atoms with Crippen LogP contribution in [0.25, 0.3) is 17.1 Å². The number of anilines is 1. The topological polar surface area (TPSA) is 38.1 Å². The standard InChI is InChI=1S/C24H16Cl3N3O/c25-15-6-9-18(10-7-15)30-22-21(28-23(30)19-11-8-16(26)14-20(19)27)12-13-29(24(22)31)17-4-2-1-3-5-17/h1-11,14H,12-13H2. The van der Waals surface area contributed by atoms with Crippen molar-refractivity contribution in [2.75, 3.05) is 11.4 Å². The molecule has 31 heavy (non-hydrogen) atoms. The smallest absolute Gasteiger partial charge is 0.277 e. The van der Waals surface area contributed by atoms with E-state index in [1.165, 1.54) is 0 Å². The average Bonchev–Trinajstić information content (AvgIpc) is 3.15. The van der Waals surface area contributed by atoms with Crippen molar-refractivity contribution in [3.8, 4) is 17.1 Å². The van der Waals surface area contributed by atoms with Crippen LogP contribution in [-0.4, -0.2) is 22.0 Å². The lowest BCUT2D eigenvalue weighted by atomic mass is 10.1. The van der Waals surface area contributed by atoms with Gasteiger partial charge in [-0.15, -0.1) is 0 Å². The van der Waals surface area contributed by atoms with Crippen LogP contribution < -0.4 is 4.90 Å². The van der Waals surface area contributed by atoms with E-state index in [1.807, 2.05) is 53.1 Å². The van der Waals surface area contributed by atoms with Crippen molar-refractivity contribution in [2.45, 2.75) is 6.42 Å². The third-order valence-electron chi connectivity index (χ3n) is 5.29. The van der Waals surface area contributed by atoms with Crippen LogP contribution in [0.3, 0.4) is 0 Å². The van der Waals surface area contributed by atoms with Crippen LogP contribution in [0.4, 0.5) is 5.69 Å². The van der Waals surface area contributed by atoms with Gasteiger partial charge in [0.25, 0.3) is 5.91 Å². The van der Waals surface area contributed by atoms with E-state index in [0.29, 0.717) is 45.1 Å². The molecular formula is C24H16Cl3N3O. The van der Waals surface area contributed by atoms with E-state index in [0.717, 1.165) is 17.1 Å². The van der Waals surface area contributed by atoms with E-state index in [-0.39, 0.29) is 5.91 Å². The summed E-state index contributed by atoms with van der Waals surface area (Å²) < 4.78 is 1.86. The van der Waals surface area contributed by atoms with Gasteiger partial charge in [0.2, 0.25) is 0 Å². The first-order valence-electron chi connectivity index (χ1n) is 9.73. The molecule has 0 saturated carbocycles. The van der Waals surface area contributed by atoms with E-state index in [9.17, 15) is 4.79 Å². The molecule has 0 bridgehead atoms. The minimum atomic E-state index is -0.105. The molecule has 0 spiro atoms. The number of imidazole rings is 1. The molecule has 0 saturated heterocycles. The Kier molecular flexibility index (Phi) is 5.22. The highest BCUT2D eigenvalue weighted by Gasteiger charge is 2.33. The van der Waals surface area contributed by atoms with Crippen LogP contribution >= 0.6 is 34.8 Å². The highest BCUT2D eigenvalue weighted by Crippen LogP contribution is 2.36. The number of hydrogen-bond donors (Lipinski definition) is 0. The molecule has 7 heteroatoms. The van der Waals surface area contributed by atoms with Crippen molar-refractivity contribution >= 4 is 46.4 Å². The molecule has 1 aliphatic rings. The third-order valence-corrected chi connectivity index (χ3v) is 6.09. The van der Waals surface area contributed by atoms with Crippen LogP contribution in [0.1, 0.15) is 16.2 Å². The molecule has 0 fully saturated rings. The first-order chi connectivity index (χ1) is 15.0. The fourth-order valence-corrected chi connectivity index (χ4v) is 4.47. The van der Waals surface area contributed by atoms with Gasteiger partial charge in [-0.25, -0.2) is 4.98 Å². The second kappa shape index (κ2) is 8.04. The van der Waals surface area contributed by atoms with Crippen LogP contribution in [0, 0.1) is 0 Å². The molecule has 5 rings (SSSR count). The van der Waals surface area contributed by atoms with Gasteiger partial charge in [-0.05, 0) is 54.6 Å². The number of para-hydroxylation sites is 1. The first kappa shape index (κ1) is 20.1. The summed E-state index contributed by atoms with van der Waals surface area (Å²) in [6.45, 7) is 0.557. The van der Waals surface area contributed by atoms with E-state index in [4.69, 9.17) is 39.8 Å². The number of benzene rings is 3. The van der Waals surface area contributed by atoms with Gasteiger partial charge in [0, 0.05) is 39.9 Å². The first-order valence-corrected chi connectivity index (χ1v) is 10.9. The maximum Gasteiger partial charge on any atom is 0.277 e. The largest absolute Gasteiger partial charge is 0.307 e. The highest BCUT2D eigenvalue weighted by atomic mass is 35.5. The SMILES string of the molecule is O=C1c2c(nc(-c3ccc(Cl)cc3Cl)n2-c2ccc(Cl)cc2)CCN1c1ccccc1. The average molecular weight is 469 g/mol. The summed E-state index contributed by atoms with van der Waals surface area (Å²) in [5.74, 6) is 0.489. The number of rotatable bonds is 3. The molecule has 1 aromatic heterocycles. The van der Waals surface area contributed by atoms with Gasteiger partial charge in [-0.1, -0.05) is 53.0 Å². The second-order valence-corrected chi connectivity index (χ2v) is 8.49. The zero-order chi connectivity index (χ0) is 21.5. The molecule has 3 aromatic carbocycles. The summed E-state index contributed by atoms with van der Waals surface area (Å²) >= 11 is 18.7. The number of fused-ring (bicyclic) bond motifs is 1. The number of nitrogens with zero attached hydrogens (tertiary/aromatic N) is 3. The Bertz CT molecular complexity index is 1280. The molecule has 4 nitrogen and oxygen atoms in total. The normalized spacial score (nSPS) is 13.4. The Balaban J connectivity index is 1.73. The van der Waals surface area contributed by atoms with E-state index < -0.39 is 0 Å². The number of carbonyl (C=O) groups excluding carboxylic acids is 1. The monoisotopic (exact) mass is 467 g/mol.